The van der Waals surface area contributed by atoms with Crippen molar-refractivity contribution in [2.45, 2.75) is 4.90 Å². The number of hydrogen-bond donors (Lipinski definition) is 3. The molecule has 0 saturated carbocycles. The fraction of sp³-hybridized carbons (Fsp3) is 0.0769. The van der Waals surface area contributed by atoms with Gasteiger partial charge in [0.2, 0.25) is 0 Å². The molecule has 1 amide bonds. The molecule has 126 valence electrons. The summed E-state index contributed by atoms with van der Waals surface area (Å²) in [5, 5.41) is 21.9. The maximum Gasteiger partial charge on any atom is 0.278 e. The second kappa shape index (κ2) is 5.65. The van der Waals surface area contributed by atoms with Crippen LogP contribution >= 0.6 is 22.9 Å². The average Bonchev–Trinajstić information content (AvgIpc) is 2.91. The van der Waals surface area contributed by atoms with Gasteiger partial charge in [-0.05, 0) is 18.2 Å². The van der Waals surface area contributed by atoms with Crippen molar-refractivity contribution >= 4 is 50.4 Å². The van der Waals surface area contributed by atoms with Crippen molar-refractivity contribution in [3.05, 3.63) is 39.3 Å². The van der Waals surface area contributed by atoms with Crippen LogP contribution in [0.5, 0.6) is 5.75 Å². The van der Waals surface area contributed by atoms with Gasteiger partial charge in [-0.25, -0.2) is 13.4 Å². The molecule has 1 aliphatic heterocycles. The number of halogens is 1. The molecule has 0 fully saturated rings. The van der Waals surface area contributed by atoms with Crippen molar-refractivity contribution in [2.75, 3.05) is 12.4 Å². The van der Waals surface area contributed by atoms with Gasteiger partial charge in [0.05, 0.1) is 15.4 Å². The smallest absolute Gasteiger partial charge is 0.278 e. The van der Waals surface area contributed by atoms with Crippen LogP contribution in [0.3, 0.4) is 0 Å². The van der Waals surface area contributed by atoms with Crippen LogP contribution in [0.1, 0.15) is 4.88 Å². The number of nitrogens with one attached hydrogen (secondary N) is 1. The third kappa shape index (κ3) is 2.58. The van der Waals surface area contributed by atoms with E-state index in [0.717, 1.165) is 24.6 Å². The molecule has 0 bridgehead atoms. The van der Waals surface area contributed by atoms with E-state index >= 15 is 0 Å². The number of amides is 1. The Morgan fingerprint density at radius 1 is 1.38 bits per heavy atom. The van der Waals surface area contributed by atoms with Gasteiger partial charge < -0.3 is 15.5 Å². The molecule has 1 aliphatic rings. The summed E-state index contributed by atoms with van der Waals surface area (Å²) < 4.78 is 25.8. The fourth-order valence-corrected chi connectivity index (χ4v) is 5.06. The number of sulfonamides is 1. The third-order valence-corrected chi connectivity index (χ3v) is 6.45. The fourth-order valence-electron chi connectivity index (χ4n) is 2.11. The van der Waals surface area contributed by atoms with Crippen molar-refractivity contribution in [2.24, 2.45) is 0 Å². The van der Waals surface area contributed by atoms with Crippen molar-refractivity contribution in [3.8, 4) is 5.75 Å². The van der Waals surface area contributed by atoms with Crippen molar-refractivity contribution < 1.29 is 23.4 Å². The zero-order chi connectivity index (χ0) is 17.6. The van der Waals surface area contributed by atoms with Crippen LogP contribution in [0.25, 0.3) is 5.76 Å². The van der Waals surface area contributed by atoms with Gasteiger partial charge in [0.15, 0.2) is 11.5 Å². The first-order chi connectivity index (χ1) is 11.2. The van der Waals surface area contributed by atoms with E-state index in [9.17, 15) is 23.4 Å². The first kappa shape index (κ1) is 16.6. The molecule has 8 nitrogen and oxygen atoms in total. The molecule has 0 saturated heterocycles. The topological polar surface area (TPSA) is 120 Å². The highest BCUT2D eigenvalue weighted by Crippen LogP contribution is 2.41. The largest absolute Gasteiger partial charge is 0.506 e. The number of nitrogens with zero attached hydrogens (tertiary/aromatic N) is 2. The van der Waals surface area contributed by atoms with E-state index in [0.29, 0.717) is 4.31 Å². The van der Waals surface area contributed by atoms with Crippen molar-refractivity contribution in [1.29, 1.82) is 0 Å². The summed E-state index contributed by atoms with van der Waals surface area (Å²) in [5.74, 6) is -1.37. The first-order valence-corrected chi connectivity index (χ1v) is 9.03. The van der Waals surface area contributed by atoms with Crippen molar-refractivity contribution in [1.82, 2.24) is 9.29 Å². The second-order valence-corrected chi connectivity index (χ2v) is 8.39. The van der Waals surface area contributed by atoms with Gasteiger partial charge in [0.25, 0.3) is 15.9 Å². The summed E-state index contributed by atoms with van der Waals surface area (Å²) in [4.78, 5) is 16.0. The number of thiophene rings is 1. The summed E-state index contributed by atoms with van der Waals surface area (Å²) in [6.45, 7) is 0. The van der Waals surface area contributed by atoms with Gasteiger partial charge >= 0.3 is 0 Å². The monoisotopic (exact) mass is 387 g/mol. The van der Waals surface area contributed by atoms with Crippen LogP contribution < -0.4 is 5.32 Å². The minimum absolute atomic E-state index is 0.00177. The summed E-state index contributed by atoms with van der Waals surface area (Å²) in [6.07, 6.45) is 1.11. The number of pyridine rings is 1. The van der Waals surface area contributed by atoms with Gasteiger partial charge in [-0.1, -0.05) is 11.6 Å². The molecule has 0 aromatic carbocycles. The highest BCUT2D eigenvalue weighted by Gasteiger charge is 2.39. The van der Waals surface area contributed by atoms with E-state index in [-0.39, 0.29) is 25.7 Å². The Kier molecular flexibility index (Phi) is 3.90. The molecule has 3 N–H and O–H groups in total. The van der Waals surface area contributed by atoms with Gasteiger partial charge in [0, 0.05) is 7.05 Å². The molecular formula is C13H10ClN3O5S2. The summed E-state index contributed by atoms with van der Waals surface area (Å²) in [5.41, 5.74) is -0.448. The van der Waals surface area contributed by atoms with E-state index in [1.807, 2.05) is 0 Å². The molecule has 0 atom stereocenters. The standard InChI is InChI=1S/C13H10ClN3O5S2/c1-17-10(13(20)16-9-3-2-6(18)5-15-9)11(19)12-7(24(17,21)22)4-8(14)23-12/h2-5,18-19H,1H3,(H,15,16,20). The molecule has 0 aliphatic carbocycles. The van der Waals surface area contributed by atoms with E-state index < -0.39 is 27.4 Å². The Hall–Kier alpha value is -2.30. The molecule has 0 unspecified atom stereocenters. The number of anilines is 1. The van der Waals surface area contributed by atoms with Gasteiger partial charge in [-0.3, -0.25) is 9.10 Å². The molecule has 0 spiro atoms. The maximum atomic E-state index is 12.5. The lowest BCUT2D eigenvalue weighted by Gasteiger charge is -2.26. The van der Waals surface area contributed by atoms with E-state index in [1.165, 1.54) is 18.2 Å². The van der Waals surface area contributed by atoms with Gasteiger partial charge in [-0.2, -0.15) is 0 Å². The Labute approximate surface area is 145 Å². The minimum Gasteiger partial charge on any atom is -0.506 e. The van der Waals surface area contributed by atoms with Crippen LogP contribution in [0, 0.1) is 0 Å². The van der Waals surface area contributed by atoms with Crippen LogP contribution in [0.2, 0.25) is 4.34 Å². The Bertz CT molecular complexity index is 966. The van der Waals surface area contributed by atoms with E-state index in [4.69, 9.17) is 11.6 Å². The number of likely N-dealkylation sites (N-methyl/N-ethyl adjacent to an activating group) is 1. The SMILES string of the molecule is CN1C(C(=O)Nc2ccc(O)cn2)=C(O)c2sc(Cl)cc2S1(=O)=O. The highest BCUT2D eigenvalue weighted by molar-refractivity contribution is 7.89. The zero-order valence-electron chi connectivity index (χ0n) is 12.0. The first-order valence-electron chi connectivity index (χ1n) is 6.40. The second-order valence-electron chi connectivity index (χ2n) is 4.77. The lowest BCUT2D eigenvalue weighted by atomic mass is 10.2. The number of aromatic nitrogens is 1. The van der Waals surface area contributed by atoms with Crippen LogP contribution in [0.15, 0.2) is 35.0 Å². The number of hydrogen-bond acceptors (Lipinski definition) is 7. The number of carbonyl (C=O) groups excluding carboxylic acids is 1. The molecule has 24 heavy (non-hydrogen) atoms. The normalized spacial score (nSPS) is 16.0. The third-order valence-electron chi connectivity index (χ3n) is 3.27. The number of rotatable bonds is 2. The lowest BCUT2D eigenvalue weighted by Crippen LogP contribution is -2.36. The highest BCUT2D eigenvalue weighted by atomic mass is 35.5. The molecule has 3 rings (SSSR count). The predicted octanol–water partition coefficient (Wildman–Crippen LogP) is 2.00. The molecule has 0 radical (unpaired) electrons. The maximum absolute atomic E-state index is 12.5. The Morgan fingerprint density at radius 3 is 2.71 bits per heavy atom. The van der Waals surface area contributed by atoms with Crippen LogP contribution in [0.4, 0.5) is 5.82 Å². The number of fused-ring (bicyclic) bond motifs is 1. The summed E-state index contributed by atoms with van der Waals surface area (Å²) >= 11 is 6.69. The molecule has 11 heteroatoms. The van der Waals surface area contributed by atoms with E-state index in [1.54, 1.807) is 0 Å². The van der Waals surface area contributed by atoms with Crippen LogP contribution in [-0.2, 0) is 14.8 Å². The number of aromatic hydroxyl groups is 1. The number of carbonyl (C=O) groups is 1. The zero-order valence-corrected chi connectivity index (χ0v) is 14.4. The minimum atomic E-state index is -4.01. The quantitative estimate of drug-likeness (QED) is 0.725. The number of aliphatic hydroxyl groups excluding tert-OH is 1. The average molecular weight is 388 g/mol. The van der Waals surface area contributed by atoms with Gasteiger partial charge in [0.1, 0.15) is 16.5 Å². The van der Waals surface area contributed by atoms with E-state index in [2.05, 4.69) is 10.3 Å². The molecule has 3 heterocycles. The number of aliphatic hydroxyl groups is 1. The molecule has 2 aromatic heterocycles. The summed E-state index contributed by atoms with van der Waals surface area (Å²) in [7, 11) is -2.85. The summed E-state index contributed by atoms with van der Waals surface area (Å²) in [6, 6.07) is 3.85. The van der Waals surface area contributed by atoms with Gasteiger partial charge in [-0.15, -0.1) is 11.3 Å². The predicted molar refractivity (Wildman–Crippen MR) is 88.4 cm³/mol. The van der Waals surface area contributed by atoms with Crippen molar-refractivity contribution in [3.63, 3.8) is 0 Å². The molecule has 2 aromatic rings. The lowest BCUT2D eigenvalue weighted by molar-refractivity contribution is -0.113. The Balaban J connectivity index is 2.05. The molecular weight excluding hydrogens is 378 g/mol. The Morgan fingerprint density at radius 2 is 2.08 bits per heavy atom. The van der Waals surface area contributed by atoms with Crippen LogP contribution in [-0.4, -0.2) is 40.9 Å².